The number of methoxy groups -OCH3 is 1. The normalized spacial score (nSPS) is 18.7. The van der Waals surface area contributed by atoms with E-state index in [-0.39, 0.29) is 6.10 Å². The second-order valence-corrected chi connectivity index (χ2v) is 8.43. The smallest absolute Gasteiger partial charge is 0.124 e. The first-order chi connectivity index (χ1) is 15.8. The molecule has 3 unspecified atom stereocenters. The third-order valence-corrected chi connectivity index (χ3v) is 6.75. The highest BCUT2D eigenvalue weighted by atomic mass is 16.5. The summed E-state index contributed by atoms with van der Waals surface area (Å²) in [6, 6.07) is 22.0. The van der Waals surface area contributed by atoms with Crippen LogP contribution in [-0.2, 0) is 4.74 Å². The van der Waals surface area contributed by atoms with Gasteiger partial charge in [0.05, 0.1) is 24.5 Å². The summed E-state index contributed by atoms with van der Waals surface area (Å²) in [6.07, 6.45) is 8.08. The van der Waals surface area contributed by atoms with Gasteiger partial charge in [-0.2, -0.15) is 0 Å². The zero-order chi connectivity index (χ0) is 21.5. The van der Waals surface area contributed by atoms with Crippen LogP contribution in [-0.4, -0.2) is 27.0 Å². The van der Waals surface area contributed by atoms with Crippen LogP contribution in [0.1, 0.15) is 58.0 Å². The second kappa shape index (κ2) is 7.77. The molecule has 0 fully saturated rings. The van der Waals surface area contributed by atoms with Gasteiger partial charge in [0.25, 0.3) is 0 Å². The number of ether oxygens (including phenoxy) is 1. The summed E-state index contributed by atoms with van der Waals surface area (Å²) in [4.78, 5) is 15.1. The molecule has 32 heavy (non-hydrogen) atoms. The summed E-state index contributed by atoms with van der Waals surface area (Å²) in [5, 5.41) is 2.43. The van der Waals surface area contributed by atoms with Gasteiger partial charge >= 0.3 is 0 Å². The van der Waals surface area contributed by atoms with Crippen LogP contribution in [0.15, 0.2) is 85.7 Å². The van der Waals surface area contributed by atoms with Gasteiger partial charge in [-0.3, -0.25) is 0 Å². The van der Waals surface area contributed by atoms with E-state index in [1.54, 1.807) is 19.8 Å². The SMILES string of the molecule is COC(c1cnc[nH]1)c1cc(C2CC(c3cnc[nH]3)c3ccccc32)cc2ccccc12. The fourth-order valence-electron chi connectivity index (χ4n) is 5.32. The minimum atomic E-state index is -0.206. The first kappa shape index (κ1) is 19.0. The van der Waals surface area contributed by atoms with Crippen molar-refractivity contribution in [3.8, 4) is 0 Å². The van der Waals surface area contributed by atoms with E-state index in [0.717, 1.165) is 17.7 Å². The fourth-order valence-corrected chi connectivity index (χ4v) is 5.32. The highest BCUT2D eigenvalue weighted by Gasteiger charge is 2.34. The lowest BCUT2D eigenvalue weighted by Gasteiger charge is -2.21. The van der Waals surface area contributed by atoms with Crippen LogP contribution in [0, 0.1) is 0 Å². The highest BCUT2D eigenvalue weighted by molar-refractivity contribution is 5.87. The molecule has 3 aromatic carbocycles. The number of nitrogens with zero attached hydrogens (tertiary/aromatic N) is 2. The number of nitrogens with one attached hydrogen (secondary N) is 2. The molecule has 2 N–H and O–H groups in total. The van der Waals surface area contributed by atoms with Crippen LogP contribution in [0.25, 0.3) is 10.8 Å². The maximum atomic E-state index is 5.97. The molecule has 0 spiro atoms. The van der Waals surface area contributed by atoms with Gasteiger partial charge < -0.3 is 14.7 Å². The summed E-state index contributed by atoms with van der Waals surface area (Å²) in [5.74, 6) is 0.626. The van der Waals surface area contributed by atoms with Gasteiger partial charge in [0.2, 0.25) is 0 Å². The molecule has 0 radical (unpaired) electrons. The Morgan fingerprint density at radius 3 is 2.38 bits per heavy atom. The summed E-state index contributed by atoms with van der Waals surface area (Å²) < 4.78 is 5.97. The molecule has 1 aliphatic rings. The molecular weight excluding hydrogens is 396 g/mol. The fraction of sp³-hybridized carbons (Fsp3) is 0.185. The molecule has 2 heterocycles. The minimum Gasteiger partial charge on any atom is -0.370 e. The average molecular weight is 421 g/mol. The van der Waals surface area contributed by atoms with E-state index in [1.807, 2.05) is 12.4 Å². The van der Waals surface area contributed by atoms with Crippen molar-refractivity contribution in [1.29, 1.82) is 0 Å². The summed E-state index contributed by atoms with van der Waals surface area (Å²) in [6.45, 7) is 0. The molecule has 0 bridgehead atoms. The Labute approximate surface area is 186 Å². The van der Waals surface area contributed by atoms with Gasteiger partial charge in [0.15, 0.2) is 0 Å². The van der Waals surface area contributed by atoms with E-state index in [4.69, 9.17) is 4.74 Å². The van der Waals surface area contributed by atoms with Crippen LogP contribution in [0.4, 0.5) is 0 Å². The Bertz CT molecular complexity index is 1360. The molecule has 6 rings (SSSR count). The van der Waals surface area contributed by atoms with E-state index in [1.165, 1.54) is 33.2 Å². The minimum absolute atomic E-state index is 0.206. The summed E-state index contributed by atoms with van der Waals surface area (Å²) in [5.41, 5.74) is 7.38. The van der Waals surface area contributed by atoms with Crippen LogP contribution >= 0.6 is 0 Å². The third kappa shape index (κ3) is 3.05. The Kier molecular flexibility index (Phi) is 4.62. The van der Waals surface area contributed by atoms with Crippen LogP contribution in [0.2, 0.25) is 0 Å². The molecule has 0 saturated heterocycles. The molecular formula is C27H24N4O. The van der Waals surface area contributed by atoms with Crippen molar-refractivity contribution in [3.05, 3.63) is 119 Å². The lowest BCUT2D eigenvalue weighted by atomic mass is 9.87. The number of fused-ring (bicyclic) bond motifs is 2. The van der Waals surface area contributed by atoms with Crippen LogP contribution in [0.5, 0.6) is 0 Å². The number of H-pyrrole nitrogens is 2. The van der Waals surface area contributed by atoms with Crippen molar-refractivity contribution in [2.75, 3.05) is 7.11 Å². The van der Waals surface area contributed by atoms with Gasteiger partial charge in [0, 0.05) is 30.8 Å². The van der Waals surface area contributed by atoms with Crippen molar-refractivity contribution in [2.45, 2.75) is 24.4 Å². The number of aromatic amines is 2. The van der Waals surface area contributed by atoms with E-state index in [0.29, 0.717) is 11.8 Å². The van der Waals surface area contributed by atoms with E-state index < -0.39 is 0 Å². The van der Waals surface area contributed by atoms with E-state index in [9.17, 15) is 0 Å². The first-order valence-corrected chi connectivity index (χ1v) is 10.9. The van der Waals surface area contributed by atoms with Crippen molar-refractivity contribution in [1.82, 2.24) is 19.9 Å². The van der Waals surface area contributed by atoms with E-state index in [2.05, 4.69) is 80.6 Å². The molecule has 0 saturated carbocycles. The van der Waals surface area contributed by atoms with Crippen LogP contribution < -0.4 is 0 Å². The lowest BCUT2D eigenvalue weighted by Crippen LogP contribution is -2.07. The maximum Gasteiger partial charge on any atom is 0.124 e. The van der Waals surface area contributed by atoms with Gasteiger partial charge in [-0.15, -0.1) is 0 Å². The number of hydrogen-bond donors (Lipinski definition) is 2. The van der Waals surface area contributed by atoms with Gasteiger partial charge in [-0.1, -0.05) is 60.7 Å². The molecule has 5 aromatic rings. The largest absolute Gasteiger partial charge is 0.370 e. The second-order valence-electron chi connectivity index (χ2n) is 8.43. The van der Waals surface area contributed by atoms with Crippen molar-refractivity contribution in [3.63, 3.8) is 0 Å². The quantitative estimate of drug-likeness (QED) is 0.384. The van der Waals surface area contributed by atoms with Gasteiger partial charge in [0.1, 0.15) is 6.10 Å². The number of rotatable bonds is 5. The van der Waals surface area contributed by atoms with Gasteiger partial charge in [-0.05, 0) is 39.4 Å². The van der Waals surface area contributed by atoms with Crippen molar-refractivity contribution in [2.24, 2.45) is 0 Å². The van der Waals surface area contributed by atoms with E-state index >= 15 is 0 Å². The molecule has 1 aliphatic carbocycles. The maximum absolute atomic E-state index is 5.97. The zero-order valence-electron chi connectivity index (χ0n) is 17.8. The van der Waals surface area contributed by atoms with Crippen molar-refractivity contribution < 1.29 is 4.74 Å². The Morgan fingerprint density at radius 1 is 0.875 bits per heavy atom. The number of aromatic nitrogens is 4. The monoisotopic (exact) mass is 420 g/mol. The Balaban J connectivity index is 1.52. The molecule has 5 nitrogen and oxygen atoms in total. The summed E-state index contributed by atoms with van der Waals surface area (Å²) >= 11 is 0. The molecule has 2 aromatic heterocycles. The predicted molar refractivity (Wildman–Crippen MR) is 125 cm³/mol. The average Bonchev–Trinajstić information content (AvgIpc) is 3.60. The van der Waals surface area contributed by atoms with Gasteiger partial charge in [-0.25, -0.2) is 9.97 Å². The molecule has 0 amide bonds. The Hall–Kier alpha value is -3.70. The molecule has 0 aliphatic heterocycles. The van der Waals surface area contributed by atoms with Crippen molar-refractivity contribution >= 4 is 10.8 Å². The summed E-state index contributed by atoms with van der Waals surface area (Å²) in [7, 11) is 1.76. The number of benzene rings is 3. The van der Waals surface area contributed by atoms with Crippen LogP contribution in [0.3, 0.4) is 0 Å². The number of imidazole rings is 2. The zero-order valence-corrected chi connectivity index (χ0v) is 17.8. The molecule has 5 heteroatoms. The standard InChI is InChI=1S/C27H24N4O/c1-32-27(26-14-29-16-31-26)24-11-18(10-17-6-2-3-7-19(17)24)22-12-23(25-13-28-15-30-25)21-9-5-4-8-20(21)22/h2-11,13-16,22-23,27H,12H2,1H3,(H,28,30)(H,29,31). The lowest BCUT2D eigenvalue weighted by molar-refractivity contribution is 0.134. The Morgan fingerprint density at radius 2 is 1.62 bits per heavy atom. The number of hydrogen-bond acceptors (Lipinski definition) is 3. The highest BCUT2D eigenvalue weighted by Crippen LogP contribution is 2.48. The first-order valence-electron chi connectivity index (χ1n) is 10.9. The predicted octanol–water partition coefficient (Wildman–Crippen LogP) is 5.69. The molecule has 158 valence electrons. The topological polar surface area (TPSA) is 66.6 Å². The molecule has 3 atom stereocenters. The third-order valence-electron chi connectivity index (χ3n) is 6.75.